The van der Waals surface area contributed by atoms with E-state index in [2.05, 4.69) is 52.3 Å². The average molecular weight is 691 g/mol. The molecule has 1 aliphatic carbocycles. The SMILES string of the molecule is CCc1cccc(N(CC)C(=O)Cn2c(C(=O)NC3CCC(C(=O)NCCCCCCI)CC3)cc3sccc32)c1. The molecule has 222 valence electrons. The van der Waals surface area contributed by atoms with Crippen LogP contribution in [0.4, 0.5) is 5.69 Å². The Morgan fingerprint density at radius 2 is 1.80 bits per heavy atom. The number of thiophene rings is 1. The number of aromatic nitrogens is 1. The van der Waals surface area contributed by atoms with Crippen LogP contribution in [0.25, 0.3) is 10.2 Å². The first-order valence-corrected chi connectivity index (χ1v) is 17.5. The van der Waals surface area contributed by atoms with Gasteiger partial charge in [0, 0.05) is 30.7 Å². The largest absolute Gasteiger partial charge is 0.356 e. The normalized spacial score (nSPS) is 17.0. The second kappa shape index (κ2) is 15.7. The van der Waals surface area contributed by atoms with E-state index in [4.69, 9.17) is 0 Å². The molecule has 7 nitrogen and oxygen atoms in total. The fourth-order valence-electron chi connectivity index (χ4n) is 5.69. The molecule has 0 saturated heterocycles. The summed E-state index contributed by atoms with van der Waals surface area (Å²) in [6.07, 6.45) is 8.70. The number of carbonyl (C=O) groups is 3. The van der Waals surface area contributed by atoms with Crippen molar-refractivity contribution < 1.29 is 14.4 Å². The Bertz CT molecular complexity index is 1310. The van der Waals surface area contributed by atoms with E-state index in [0.717, 1.165) is 67.4 Å². The number of benzene rings is 1. The fraction of sp³-hybridized carbons (Fsp3) is 0.531. The number of unbranched alkanes of at least 4 members (excludes halogenated alkanes) is 3. The van der Waals surface area contributed by atoms with E-state index in [1.807, 2.05) is 41.1 Å². The van der Waals surface area contributed by atoms with Gasteiger partial charge in [-0.05, 0) is 91.5 Å². The minimum atomic E-state index is -0.156. The van der Waals surface area contributed by atoms with Crippen molar-refractivity contribution in [3.8, 4) is 0 Å². The maximum atomic E-state index is 13.6. The molecule has 2 N–H and O–H groups in total. The van der Waals surface area contributed by atoms with E-state index < -0.39 is 0 Å². The molecule has 0 bridgehead atoms. The molecule has 0 aliphatic heterocycles. The number of aryl methyl sites for hydroxylation is 1. The van der Waals surface area contributed by atoms with Gasteiger partial charge in [0.25, 0.3) is 5.91 Å². The Morgan fingerprint density at radius 1 is 1.02 bits per heavy atom. The van der Waals surface area contributed by atoms with Crippen molar-refractivity contribution >= 4 is 67.6 Å². The number of carbonyl (C=O) groups excluding carboxylic acids is 3. The first-order valence-electron chi connectivity index (χ1n) is 15.1. The Morgan fingerprint density at radius 3 is 2.54 bits per heavy atom. The molecular weight excluding hydrogens is 647 g/mol. The predicted octanol–water partition coefficient (Wildman–Crippen LogP) is 6.72. The minimum absolute atomic E-state index is 0.0237. The summed E-state index contributed by atoms with van der Waals surface area (Å²) in [6, 6.07) is 12.0. The molecule has 2 heterocycles. The van der Waals surface area contributed by atoms with Gasteiger partial charge in [0.15, 0.2) is 0 Å². The maximum absolute atomic E-state index is 13.6. The van der Waals surface area contributed by atoms with Gasteiger partial charge >= 0.3 is 0 Å². The first-order chi connectivity index (χ1) is 19.9. The van der Waals surface area contributed by atoms with Gasteiger partial charge in [0.2, 0.25) is 11.8 Å². The van der Waals surface area contributed by atoms with Crippen molar-refractivity contribution in [2.75, 3.05) is 22.4 Å². The Balaban J connectivity index is 1.35. The van der Waals surface area contributed by atoms with Gasteiger partial charge in [-0.3, -0.25) is 14.4 Å². The number of amides is 3. The predicted molar refractivity (Wildman–Crippen MR) is 177 cm³/mol. The first kappa shape index (κ1) is 31.5. The van der Waals surface area contributed by atoms with Gasteiger partial charge in [-0.25, -0.2) is 0 Å². The molecule has 1 saturated carbocycles. The summed E-state index contributed by atoms with van der Waals surface area (Å²) in [5, 5.41) is 8.32. The molecular formula is C32H43IN4O3S. The summed E-state index contributed by atoms with van der Waals surface area (Å²) in [7, 11) is 0. The van der Waals surface area contributed by atoms with Gasteiger partial charge in [0.1, 0.15) is 12.2 Å². The van der Waals surface area contributed by atoms with Crippen molar-refractivity contribution in [1.29, 1.82) is 0 Å². The number of nitrogens with zero attached hydrogens (tertiary/aromatic N) is 2. The van der Waals surface area contributed by atoms with Crippen LogP contribution in [0.1, 0.15) is 81.3 Å². The average Bonchev–Trinajstić information content (AvgIpc) is 3.58. The summed E-state index contributed by atoms with van der Waals surface area (Å²) < 4.78 is 4.04. The lowest BCUT2D eigenvalue weighted by atomic mass is 9.85. The van der Waals surface area contributed by atoms with Crippen LogP contribution in [-0.2, 0) is 22.6 Å². The molecule has 41 heavy (non-hydrogen) atoms. The molecule has 4 rings (SSSR count). The van der Waals surface area contributed by atoms with Crippen LogP contribution in [-0.4, -0.2) is 45.8 Å². The van der Waals surface area contributed by atoms with Crippen molar-refractivity contribution in [3.05, 3.63) is 53.0 Å². The molecule has 0 unspecified atom stereocenters. The van der Waals surface area contributed by atoms with Crippen LogP contribution < -0.4 is 15.5 Å². The number of halogens is 1. The number of rotatable bonds is 14. The van der Waals surface area contributed by atoms with Gasteiger partial charge in [-0.15, -0.1) is 11.3 Å². The van der Waals surface area contributed by atoms with E-state index in [1.165, 1.54) is 22.8 Å². The summed E-state index contributed by atoms with van der Waals surface area (Å²) in [5.41, 5.74) is 3.49. The minimum Gasteiger partial charge on any atom is -0.356 e. The standard InChI is InChI=1S/C32H43IN4O3S/c1-3-23-10-9-11-26(20-23)36(4-2)30(38)22-37-27-16-19-41-29(27)21-28(37)32(40)35-25-14-12-24(13-15-25)31(39)34-18-8-6-5-7-17-33/h9-11,16,19-21,24-25H,3-8,12-15,17-18,22H2,1-2H3,(H,34,39)(H,35,40). The molecule has 0 radical (unpaired) electrons. The van der Waals surface area contributed by atoms with Crippen LogP contribution in [0.2, 0.25) is 0 Å². The summed E-state index contributed by atoms with van der Waals surface area (Å²) in [4.78, 5) is 41.5. The second-order valence-corrected chi connectivity index (χ2v) is 12.9. The van der Waals surface area contributed by atoms with Crippen LogP contribution in [0.5, 0.6) is 0 Å². The fourth-order valence-corrected chi connectivity index (χ4v) is 7.05. The number of anilines is 1. The number of alkyl halides is 1. The van der Waals surface area contributed by atoms with Gasteiger partial charge in [-0.2, -0.15) is 0 Å². The molecule has 1 aliphatic rings. The van der Waals surface area contributed by atoms with E-state index in [9.17, 15) is 14.4 Å². The summed E-state index contributed by atoms with van der Waals surface area (Å²) in [6.45, 7) is 5.48. The highest BCUT2D eigenvalue weighted by molar-refractivity contribution is 14.1. The molecule has 0 atom stereocenters. The highest BCUT2D eigenvalue weighted by Crippen LogP contribution is 2.28. The number of likely N-dealkylation sites (N-methyl/N-ethyl adjacent to an activating group) is 1. The molecule has 1 aromatic carbocycles. The summed E-state index contributed by atoms with van der Waals surface area (Å²) >= 11 is 3.98. The maximum Gasteiger partial charge on any atom is 0.268 e. The van der Waals surface area contributed by atoms with E-state index >= 15 is 0 Å². The van der Waals surface area contributed by atoms with Crippen molar-refractivity contribution in [3.63, 3.8) is 0 Å². The number of nitrogens with one attached hydrogen (secondary N) is 2. The molecule has 0 spiro atoms. The summed E-state index contributed by atoms with van der Waals surface area (Å²) in [5.74, 6) is -0.0246. The van der Waals surface area contributed by atoms with Crippen molar-refractivity contribution in [2.45, 2.75) is 84.2 Å². The molecule has 9 heteroatoms. The Kier molecular flexibility index (Phi) is 12.1. The van der Waals surface area contributed by atoms with Gasteiger partial charge in [-0.1, -0.05) is 54.5 Å². The zero-order valence-electron chi connectivity index (χ0n) is 24.3. The highest BCUT2D eigenvalue weighted by Gasteiger charge is 2.28. The lowest BCUT2D eigenvalue weighted by molar-refractivity contribution is -0.126. The van der Waals surface area contributed by atoms with E-state index in [0.29, 0.717) is 12.2 Å². The third-order valence-electron chi connectivity index (χ3n) is 8.09. The smallest absolute Gasteiger partial charge is 0.268 e. The quantitative estimate of drug-likeness (QED) is 0.112. The van der Waals surface area contributed by atoms with E-state index in [1.54, 1.807) is 16.2 Å². The van der Waals surface area contributed by atoms with Gasteiger partial charge < -0.3 is 20.1 Å². The zero-order valence-corrected chi connectivity index (χ0v) is 27.3. The Hall–Kier alpha value is -2.40. The lowest BCUT2D eigenvalue weighted by Gasteiger charge is -2.28. The number of hydrogen-bond acceptors (Lipinski definition) is 4. The van der Waals surface area contributed by atoms with E-state index in [-0.39, 0.29) is 36.2 Å². The molecule has 3 amide bonds. The Labute approximate surface area is 261 Å². The topological polar surface area (TPSA) is 83.4 Å². The lowest BCUT2D eigenvalue weighted by Crippen LogP contribution is -2.42. The number of hydrogen-bond donors (Lipinski definition) is 2. The van der Waals surface area contributed by atoms with Gasteiger partial charge in [0.05, 0.1) is 10.2 Å². The van der Waals surface area contributed by atoms with Crippen LogP contribution >= 0.6 is 33.9 Å². The van der Waals surface area contributed by atoms with Crippen molar-refractivity contribution in [1.82, 2.24) is 15.2 Å². The molecule has 1 fully saturated rings. The number of fused-ring (bicyclic) bond motifs is 1. The third-order valence-corrected chi connectivity index (χ3v) is 9.71. The second-order valence-electron chi connectivity index (χ2n) is 10.9. The van der Waals surface area contributed by atoms with Crippen LogP contribution in [0, 0.1) is 5.92 Å². The highest BCUT2D eigenvalue weighted by atomic mass is 127. The molecule has 2 aromatic heterocycles. The zero-order chi connectivity index (χ0) is 29.2. The third kappa shape index (κ3) is 8.34. The van der Waals surface area contributed by atoms with Crippen molar-refractivity contribution in [2.24, 2.45) is 5.92 Å². The van der Waals surface area contributed by atoms with Crippen LogP contribution in [0.15, 0.2) is 41.8 Å². The molecule has 3 aromatic rings. The van der Waals surface area contributed by atoms with Crippen LogP contribution in [0.3, 0.4) is 0 Å². The monoisotopic (exact) mass is 690 g/mol.